The van der Waals surface area contributed by atoms with Gasteiger partial charge in [-0.3, -0.25) is 9.48 Å². The van der Waals surface area contributed by atoms with E-state index in [-0.39, 0.29) is 5.91 Å². The van der Waals surface area contributed by atoms with Crippen molar-refractivity contribution in [3.05, 3.63) is 27.4 Å². The number of nitriles is 1. The number of rotatable bonds is 2. The highest BCUT2D eigenvalue weighted by molar-refractivity contribution is 7.16. The van der Waals surface area contributed by atoms with Crippen molar-refractivity contribution in [2.45, 2.75) is 26.2 Å². The van der Waals surface area contributed by atoms with Crippen LogP contribution in [0.25, 0.3) is 0 Å². The van der Waals surface area contributed by atoms with Crippen molar-refractivity contribution in [1.82, 2.24) is 9.78 Å². The number of aromatic nitrogens is 2. The highest BCUT2D eigenvalue weighted by Crippen LogP contribution is 2.38. The Morgan fingerprint density at radius 1 is 1.52 bits per heavy atom. The number of amides is 1. The summed E-state index contributed by atoms with van der Waals surface area (Å²) < 4.78 is 1.47. The van der Waals surface area contributed by atoms with Crippen LogP contribution in [0.3, 0.4) is 0 Å². The van der Waals surface area contributed by atoms with Crippen molar-refractivity contribution < 1.29 is 4.79 Å². The quantitative estimate of drug-likeness (QED) is 0.886. The Hall–Kier alpha value is -2.33. The summed E-state index contributed by atoms with van der Waals surface area (Å²) in [6.07, 6.45) is 2.98. The number of aryl methyl sites for hydroxylation is 3. The molecule has 6 nitrogen and oxygen atoms in total. The first kappa shape index (κ1) is 13.6. The summed E-state index contributed by atoms with van der Waals surface area (Å²) in [5.74, 6) is -0.327. The van der Waals surface area contributed by atoms with Gasteiger partial charge in [0, 0.05) is 11.9 Å². The zero-order valence-corrected chi connectivity index (χ0v) is 12.7. The van der Waals surface area contributed by atoms with Crippen LogP contribution in [0.5, 0.6) is 0 Å². The minimum absolute atomic E-state index is 0.324. The highest BCUT2D eigenvalue weighted by Gasteiger charge is 2.25. The van der Waals surface area contributed by atoms with Crippen LogP contribution in [-0.2, 0) is 19.9 Å². The molecule has 0 aromatic carbocycles. The van der Waals surface area contributed by atoms with Crippen LogP contribution in [0.2, 0.25) is 0 Å². The summed E-state index contributed by atoms with van der Waals surface area (Å²) in [5, 5.41) is 16.9. The first-order valence-corrected chi connectivity index (χ1v) is 7.49. The van der Waals surface area contributed by atoms with Crippen LogP contribution in [-0.4, -0.2) is 15.7 Å². The maximum absolute atomic E-state index is 12.4. The molecule has 0 aliphatic heterocycles. The summed E-state index contributed by atoms with van der Waals surface area (Å²) >= 11 is 1.49. The molecule has 21 heavy (non-hydrogen) atoms. The molecule has 0 radical (unpaired) electrons. The standard InChI is InChI=1S/C14H15N5OS/c1-7-11(16)12(19(2)18-7)13(20)17-14-9(6-15)8-4-3-5-10(8)21-14/h3-5,16H2,1-2H3,(H,17,20). The molecule has 2 heterocycles. The lowest BCUT2D eigenvalue weighted by molar-refractivity contribution is 0.101. The normalized spacial score (nSPS) is 13.0. The molecule has 1 aliphatic carbocycles. The molecule has 1 aliphatic rings. The number of nitrogens with zero attached hydrogens (tertiary/aromatic N) is 3. The molecule has 0 spiro atoms. The lowest BCUT2D eigenvalue weighted by Gasteiger charge is -2.05. The van der Waals surface area contributed by atoms with Crippen molar-refractivity contribution in [2.24, 2.45) is 7.05 Å². The third-order valence-electron chi connectivity index (χ3n) is 3.74. The Balaban J connectivity index is 1.94. The van der Waals surface area contributed by atoms with Crippen molar-refractivity contribution in [2.75, 3.05) is 11.1 Å². The number of hydrogen-bond acceptors (Lipinski definition) is 5. The first-order valence-electron chi connectivity index (χ1n) is 6.68. The summed E-state index contributed by atoms with van der Waals surface area (Å²) in [7, 11) is 1.68. The second-order valence-corrected chi connectivity index (χ2v) is 6.20. The molecule has 3 N–H and O–H groups in total. The number of nitrogens with two attached hydrogens (primary N) is 1. The van der Waals surface area contributed by atoms with Gasteiger partial charge in [0.25, 0.3) is 5.91 Å². The van der Waals surface area contributed by atoms with Crippen molar-refractivity contribution >= 4 is 27.9 Å². The van der Waals surface area contributed by atoms with Gasteiger partial charge in [0.15, 0.2) is 0 Å². The fourth-order valence-electron chi connectivity index (χ4n) is 2.72. The average molecular weight is 301 g/mol. The fourth-order valence-corrected chi connectivity index (χ4v) is 3.95. The second-order valence-electron chi connectivity index (χ2n) is 5.10. The van der Waals surface area contributed by atoms with E-state index >= 15 is 0 Å². The molecule has 2 aromatic rings. The maximum Gasteiger partial charge on any atom is 0.276 e. The minimum atomic E-state index is -0.327. The van der Waals surface area contributed by atoms with E-state index in [1.165, 1.54) is 20.9 Å². The van der Waals surface area contributed by atoms with Gasteiger partial charge in [-0.1, -0.05) is 0 Å². The van der Waals surface area contributed by atoms with Gasteiger partial charge >= 0.3 is 0 Å². The van der Waals surface area contributed by atoms with Crippen molar-refractivity contribution in [1.29, 1.82) is 5.26 Å². The number of anilines is 2. The molecule has 0 saturated heterocycles. The minimum Gasteiger partial charge on any atom is -0.395 e. The molecule has 1 amide bonds. The van der Waals surface area contributed by atoms with Gasteiger partial charge in [0.1, 0.15) is 16.8 Å². The molecule has 2 aromatic heterocycles. The summed E-state index contributed by atoms with van der Waals surface area (Å²) in [6.45, 7) is 1.76. The Morgan fingerprint density at radius 2 is 2.29 bits per heavy atom. The summed E-state index contributed by atoms with van der Waals surface area (Å²) in [4.78, 5) is 13.6. The van der Waals surface area contributed by atoms with Crippen LogP contribution in [0.4, 0.5) is 10.7 Å². The van der Waals surface area contributed by atoms with Gasteiger partial charge in [-0.2, -0.15) is 10.4 Å². The number of nitrogen functional groups attached to an aromatic ring is 1. The Bertz CT molecular complexity index is 780. The van der Waals surface area contributed by atoms with Crippen molar-refractivity contribution in [3.8, 4) is 6.07 Å². The zero-order chi connectivity index (χ0) is 15.1. The van der Waals surface area contributed by atoms with E-state index in [1.54, 1.807) is 14.0 Å². The number of nitrogens with one attached hydrogen (secondary N) is 1. The SMILES string of the molecule is Cc1nn(C)c(C(=O)Nc2sc3c(c2C#N)CCC3)c1N. The molecule has 3 rings (SSSR count). The molecular weight excluding hydrogens is 286 g/mol. The largest absolute Gasteiger partial charge is 0.395 e. The highest BCUT2D eigenvalue weighted by atomic mass is 32.1. The van der Waals surface area contributed by atoms with E-state index in [0.29, 0.717) is 27.6 Å². The number of carbonyl (C=O) groups excluding carboxylic acids is 1. The second kappa shape index (κ2) is 4.90. The van der Waals surface area contributed by atoms with E-state index in [1.807, 2.05) is 0 Å². The lowest BCUT2D eigenvalue weighted by Crippen LogP contribution is -2.17. The van der Waals surface area contributed by atoms with Gasteiger partial charge in [0.2, 0.25) is 0 Å². The monoisotopic (exact) mass is 301 g/mol. The molecule has 7 heteroatoms. The lowest BCUT2D eigenvalue weighted by atomic mass is 10.1. The predicted octanol–water partition coefficient (Wildman–Crippen LogP) is 1.98. The third kappa shape index (κ3) is 2.08. The predicted molar refractivity (Wildman–Crippen MR) is 81.4 cm³/mol. The van der Waals surface area contributed by atoms with E-state index in [2.05, 4.69) is 16.5 Å². The zero-order valence-electron chi connectivity index (χ0n) is 11.9. The van der Waals surface area contributed by atoms with Crippen molar-refractivity contribution in [3.63, 3.8) is 0 Å². The molecule has 0 bridgehead atoms. The van der Waals surface area contributed by atoms with E-state index < -0.39 is 0 Å². The van der Waals surface area contributed by atoms with Gasteiger partial charge in [-0.15, -0.1) is 11.3 Å². The molecule has 0 unspecified atom stereocenters. The summed E-state index contributed by atoms with van der Waals surface area (Å²) in [6, 6.07) is 2.21. The molecule has 0 fully saturated rings. The van der Waals surface area contributed by atoms with Crippen LogP contribution in [0.1, 0.15) is 38.6 Å². The Kier molecular flexibility index (Phi) is 3.18. The van der Waals surface area contributed by atoms with Crippen LogP contribution >= 0.6 is 11.3 Å². The van der Waals surface area contributed by atoms with Gasteiger partial charge in [-0.25, -0.2) is 0 Å². The molecule has 0 saturated carbocycles. The van der Waals surface area contributed by atoms with Gasteiger partial charge in [-0.05, 0) is 31.7 Å². The summed E-state index contributed by atoms with van der Waals surface area (Å²) in [5.41, 5.74) is 8.90. The van der Waals surface area contributed by atoms with E-state index in [4.69, 9.17) is 5.73 Å². The first-order chi connectivity index (χ1) is 10.0. The maximum atomic E-state index is 12.4. The molecule has 108 valence electrons. The molecule has 0 atom stereocenters. The Morgan fingerprint density at radius 3 is 2.90 bits per heavy atom. The number of thiophene rings is 1. The van der Waals surface area contributed by atoms with Crippen LogP contribution < -0.4 is 11.1 Å². The van der Waals surface area contributed by atoms with E-state index in [9.17, 15) is 10.1 Å². The van der Waals surface area contributed by atoms with Crippen LogP contribution in [0.15, 0.2) is 0 Å². The van der Waals surface area contributed by atoms with E-state index in [0.717, 1.165) is 24.8 Å². The average Bonchev–Trinajstić information content (AvgIpc) is 3.04. The molecular formula is C14H15N5OS. The Labute approximate surface area is 126 Å². The third-order valence-corrected chi connectivity index (χ3v) is 4.95. The smallest absolute Gasteiger partial charge is 0.276 e. The topological polar surface area (TPSA) is 96.7 Å². The number of hydrogen-bond donors (Lipinski definition) is 2. The fraction of sp³-hybridized carbons (Fsp3) is 0.357. The van der Waals surface area contributed by atoms with Gasteiger partial charge < -0.3 is 11.1 Å². The van der Waals surface area contributed by atoms with Gasteiger partial charge in [0.05, 0.1) is 16.9 Å². The number of carbonyl (C=O) groups is 1. The van der Waals surface area contributed by atoms with Crippen LogP contribution in [0, 0.1) is 18.3 Å². The number of fused-ring (bicyclic) bond motifs is 1.